The summed E-state index contributed by atoms with van der Waals surface area (Å²) in [5, 5.41) is 0. The minimum Gasteiger partial charge on any atom is -0.435 e. The molecule has 0 unspecified atom stereocenters. The van der Waals surface area contributed by atoms with Gasteiger partial charge in [-0.1, -0.05) is 32.0 Å². The van der Waals surface area contributed by atoms with Crippen LogP contribution in [0.4, 0.5) is 13.2 Å². The van der Waals surface area contributed by atoms with E-state index in [9.17, 15) is 25.8 Å². The number of benzene rings is 1. The van der Waals surface area contributed by atoms with Crippen LogP contribution in [0.15, 0.2) is 34.7 Å². The van der Waals surface area contributed by atoms with Gasteiger partial charge in [-0.3, -0.25) is 0 Å². The van der Waals surface area contributed by atoms with Crippen LogP contribution in [0.25, 0.3) is 11.5 Å². The summed E-state index contributed by atoms with van der Waals surface area (Å²) in [5.41, 5.74) is -5.24. The molecule has 0 aliphatic rings. The fourth-order valence-corrected chi connectivity index (χ4v) is 3.68. The van der Waals surface area contributed by atoms with Crippen LogP contribution in [0, 0.1) is 5.92 Å². The van der Waals surface area contributed by atoms with Gasteiger partial charge < -0.3 is 8.60 Å². The van der Waals surface area contributed by atoms with Crippen LogP contribution in [-0.4, -0.2) is 27.9 Å². The maximum Gasteiger partial charge on any atom is 0.534 e. The molecule has 1 aromatic carbocycles. The third kappa shape index (κ3) is 6.53. The molecule has 0 saturated carbocycles. The Hall–Kier alpha value is -1.92. The van der Waals surface area contributed by atoms with Crippen molar-refractivity contribution >= 4 is 21.1 Å². The molecule has 1 N–H and O–H groups in total. The summed E-state index contributed by atoms with van der Waals surface area (Å²) in [5.74, 6) is -1.26. The topological polar surface area (TPSA) is 98.5 Å². The zero-order chi connectivity index (χ0) is 23.6. The van der Waals surface area contributed by atoms with E-state index in [1.807, 2.05) is 13.8 Å². The Morgan fingerprint density at radius 2 is 1.74 bits per heavy atom. The minimum absolute atomic E-state index is 0.00758. The Morgan fingerprint density at radius 3 is 2.23 bits per heavy atom. The molecule has 174 valence electrons. The highest BCUT2D eigenvalue weighted by molar-refractivity contribution is 7.88. The molecule has 0 amide bonds. The number of hydrogen-bond acceptors (Lipinski definition) is 6. The van der Waals surface area contributed by atoms with E-state index in [0.717, 1.165) is 0 Å². The van der Waals surface area contributed by atoms with Gasteiger partial charge in [-0.05, 0) is 45.2 Å². The highest BCUT2D eigenvalue weighted by atomic mass is 32.2. The number of nitrogens with one attached hydrogen (secondary N) is 1. The number of nitrogens with zero attached hydrogens (tertiary/aromatic N) is 1. The smallest absolute Gasteiger partial charge is 0.435 e. The summed E-state index contributed by atoms with van der Waals surface area (Å²) in [6.07, 6.45) is 0.271. The molecule has 0 saturated heterocycles. The van der Waals surface area contributed by atoms with E-state index < -0.39 is 43.3 Å². The summed E-state index contributed by atoms with van der Waals surface area (Å²) in [4.78, 5) is 3.87. The first-order chi connectivity index (χ1) is 14.1. The Labute approximate surface area is 182 Å². The van der Waals surface area contributed by atoms with Crippen molar-refractivity contribution in [3.8, 4) is 17.3 Å². The highest BCUT2D eigenvalue weighted by Gasteiger charge is 2.50. The molecule has 0 spiro atoms. The van der Waals surface area contributed by atoms with E-state index >= 15 is 0 Å². The lowest BCUT2D eigenvalue weighted by atomic mass is 10.0. The van der Waals surface area contributed by atoms with Crippen molar-refractivity contribution in [3.05, 3.63) is 36.1 Å². The van der Waals surface area contributed by atoms with Gasteiger partial charge in [-0.2, -0.15) is 26.6 Å². The largest absolute Gasteiger partial charge is 0.534 e. The number of hydrogen-bond donors (Lipinski definition) is 1. The normalized spacial score (nSPS) is 15.1. The minimum atomic E-state index is -5.99. The Balaban J connectivity index is 2.59. The van der Waals surface area contributed by atoms with Crippen molar-refractivity contribution in [2.45, 2.75) is 57.3 Å². The average Bonchev–Trinajstić information content (AvgIpc) is 3.02. The first-order valence-electron chi connectivity index (χ1n) is 9.36. The number of rotatable bonds is 8. The van der Waals surface area contributed by atoms with Gasteiger partial charge in [0.15, 0.2) is 5.76 Å². The van der Waals surface area contributed by atoms with Crippen LogP contribution in [0.5, 0.6) is 5.88 Å². The van der Waals surface area contributed by atoms with E-state index in [1.165, 1.54) is 0 Å². The molecule has 7 nitrogen and oxygen atoms in total. The predicted molar refractivity (Wildman–Crippen MR) is 111 cm³/mol. The maximum atomic E-state index is 12.9. The summed E-state index contributed by atoms with van der Waals surface area (Å²) in [7, 11) is -7.62. The maximum absolute atomic E-state index is 12.9. The van der Waals surface area contributed by atoms with E-state index in [4.69, 9.17) is 4.42 Å². The molecule has 12 heteroatoms. The molecule has 2 aromatic rings. The van der Waals surface area contributed by atoms with Gasteiger partial charge in [0.2, 0.25) is 5.89 Å². The summed E-state index contributed by atoms with van der Waals surface area (Å²) >= 11 is 0. The molecular formula is C19H25F3N2O5S2. The van der Waals surface area contributed by atoms with Crippen LogP contribution < -0.4 is 8.91 Å². The molecule has 2 atom stereocenters. The number of alkyl halides is 3. The third-order valence-electron chi connectivity index (χ3n) is 3.94. The van der Waals surface area contributed by atoms with Crippen molar-refractivity contribution in [3.63, 3.8) is 0 Å². The number of oxazole rings is 1. The van der Waals surface area contributed by atoms with Gasteiger partial charge in [-0.15, -0.1) is 0 Å². The van der Waals surface area contributed by atoms with E-state index in [-0.39, 0.29) is 24.0 Å². The van der Waals surface area contributed by atoms with Crippen molar-refractivity contribution in [2.75, 3.05) is 0 Å². The molecule has 2 rings (SSSR count). The second kappa shape index (κ2) is 9.29. The van der Waals surface area contributed by atoms with E-state index in [2.05, 4.69) is 13.9 Å². The Kier molecular flexibility index (Phi) is 7.59. The van der Waals surface area contributed by atoms with E-state index in [0.29, 0.717) is 5.56 Å². The standard InChI is InChI=1S/C19H25F3N2O5S2/c1-12(2)11-14(24-30(25)18(3,4)5)15-17(29-31(26,27)19(20,21)22)23-16(28-15)13-9-7-6-8-10-13/h6-10,12,14,24H,11H2,1-5H3/t14-,30+/m1/s1. The lowest BCUT2D eigenvalue weighted by molar-refractivity contribution is -0.0501. The molecule has 0 aliphatic heterocycles. The molecule has 0 bridgehead atoms. The second-order valence-corrected chi connectivity index (χ2v) is 11.8. The quantitative estimate of drug-likeness (QED) is 0.432. The predicted octanol–water partition coefficient (Wildman–Crippen LogP) is 4.71. The van der Waals surface area contributed by atoms with Gasteiger partial charge in [0, 0.05) is 5.56 Å². The summed E-state index contributed by atoms with van der Waals surface area (Å²) < 4.78 is 86.8. The molecule has 1 heterocycles. The van der Waals surface area contributed by atoms with Gasteiger partial charge >= 0.3 is 15.6 Å². The van der Waals surface area contributed by atoms with Gasteiger partial charge in [0.05, 0.1) is 21.8 Å². The lowest BCUT2D eigenvalue weighted by Gasteiger charge is -2.24. The second-order valence-electron chi connectivity index (χ2n) is 8.22. The Morgan fingerprint density at radius 1 is 1.16 bits per heavy atom. The van der Waals surface area contributed by atoms with Crippen LogP contribution in [0.2, 0.25) is 0 Å². The van der Waals surface area contributed by atoms with Crippen molar-refractivity contribution < 1.29 is 34.4 Å². The van der Waals surface area contributed by atoms with Crippen molar-refractivity contribution in [1.29, 1.82) is 0 Å². The van der Waals surface area contributed by atoms with Crippen LogP contribution in [0.3, 0.4) is 0 Å². The SMILES string of the molecule is CC(C)C[C@@H](N[S@@](=O)C(C)(C)C)c1oc(-c2ccccc2)nc1OS(=O)(=O)C(F)(F)F. The fourth-order valence-electron chi connectivity index (χ4n) is 2.44. The molecular weight excluding hydrogens is 457 g/mol. The molecule has 0 aliphatic carbocycles. The van der Waals surface area contributed by atoms with Crippen molar-refractivity contribution in [2.24, 2.45) is 5.92 Å². The van der Waals surface area contributed by atoms with Crippen molar-refractivity contribution in [1.82, 2.24) is 9.71 Å². The highest BCUT2D eigenvalue weighted by Crippen LogP contribution is 2.37. The number of halogens is 3. The van der Waals surface area contributed by atoms with Crippen LogP contribution >= 0.6 is 0 Å². The molecule has 0 radical (unpaired) electrons. The van der Waals surface area contributed by atoms with Gasteiger partial charge in [0.25, 0.3) is 5.88 Å². The zero-order valence-corrected chi connectivity index (χ0v) is 19.3. The number of aromatic nitrogens is 1. The zero-order valence-electron chi connectivity index (χ0n) is 17.7. The third-order valence-corrected chi connectivity index (χ3v) is 6.50. The van der Waals surface area contributed by atoms with Gasteiger partial charge in [-0.25, -0.2) is 8.93 Å². The first kappa shape index (κ1) is 25.3. The van der Waals surface area contributed by atoms with Gasteiger partial charge in [0.1, 0.15) is 0 Å². The summed E-state index contributed by atoms with van der Waals surface area (Å²) in [6.45, 7) is 8.82. The monoisotopic (exact) mass is 482 g/mol. The molecule has 31 heavy (non-hydrogen) atoms. The van der Waals surface area contributed by atoms with E-state index in [1.54, 1.807) is 51.1 Å². The van der Waals surface area contributed by atoms with Crippen LogP contribution in [0.1, 0.15) is 52.8 Å². The fraction of sp³-hybridized carbons (Fsp3) is 0.526. The summed E-state index contributed by atoms with van der Waals surface area (Å²) in [6, 6.07) is 7.30. The van der Waals surface area contributed by atoms with Crippen LogP contribution in [-0.2, 0) is 21.1 Å². The molecule has 0 fully saturated rings. The Bertz CT molecular complexity index is 1010. The lowest BCUT2D eigenvalue weighted by Crippen LogP contribution is -2.36. The molecule has 1 aromatic heterocycles. The first-order valence-corrected chi connectivity index (χ1v) is 11.9. The average molecular weight is 483 g/mol.